The van der Waals surface area contributed by atoms with Crippen molar-refractivity contribution < 1.29 is 27.1 Å². The van der Waals surface area contributed by atoms with Gasteiger partial charge in [0.05, 0.1) is 31.4 Å². The number of amides is 2. The zero-order valence-corrected chi connectivity index (χ0v) is 13.5. The molecule has 6 nitrogen and oxygen atoms in total. The van der Waals surface area contributed by atoms with Crippen LogP contribution in [0.15, 0.2) is 10.6 Å². The third-order valence-corrected chi connectivity index (χ3v) is 3.98. The van der Waals surface area contributed by atoms with Gasteiger partial charge in [-0.25, -0.2) is 9.78 Å². The lowest BCUT2D eigenvalue weighted by atomic mass is 10.1. The number of nitrogens with one attached hydrogen (secondary N) is 1. The van der Waals surface area contributed by atoms with Crippen molar-refractivity contribution in [1.82, 2.24) is 15.2 Å². The van der Waals surface area contributed by atoms with Crippen LogP contribution in [0.4, 0.5) is 18.0 Å². The summed E-state index contributed by atoms with van der Waals surface area (Å²) < 4.78 is 49.4. The fraction of sp³-hybridized carbons (Fsp3) is 0.733. The molecule has 1 aromatic heterocycles. The van der Waals surface area contributed by atoms with E-state index in [2.05, 4.69) is 10.3 Å². The molecule has 1 aliphatic carbocycles. The van der Waals surface area contributed by atoms with Crippen LogP contribution in [0.1, 0.15) is 44.3 Å². The fourth-order valence-corrected chi connectivity index (χ4v) is 2.71. The van der Waals surface area contributed by atoms with Crippen molar-refractivity contribution >= 4 is 6.03 Å². The highest BCUT2D eigenvalue weighted by atomic mass is 19.4. The number of oxazole rings is 1. The molecule has 3 rings (SSSR count). The number of urea groups is 1. The number of morpholine rings is 1. The second-order valence-corrected chi connectivity index (χ2v) is 6.89. The van der Waals surface area contributed by atoms with Gasteiger partial charge in [0.1, 0.15) is 5.76 Å². The van der Waals surface area contributed by atoms with Crippen molar-refractivity contribution in [3.8, 4) is 0 Å². The summed E-state index contributed by atoms with van der Waals surface area (Å²) in [5, 5.41) is 2.58. The third kappa shape index (κ3) is 4.00. The van der Waals surface area contributed by atoms with Gasteiger partial charge in [0.25, 0.3) is 0 Å². The minimum absolute atomic E-state index is 0.0785. The number of hydrogen-bond acceptors (Lipinski definition) is 4. The summed E-state index contributed by atoms with van der Waals surface area (Å²) in [6, 6.07) is -0.579. The summed E-state index contributed by atoms with van der Waals surface area (Å²) in [5.74, 6) is 1.51. The lowest BCUT2D eigenvalue weighted by molar-refractivity contribution is -0.267. The highest BCUT2D eigenvalue weighted by molar-refractivity contribution is 5.74. The van der Waals surface area contributed by atoms with Gasteiger partial charge >= 0.3 is 12.2 Å². The number of rotatable bonds is 3. The van der Waals surface area contributed by atoms with E-state index in [-0.39, 0.29) is 13.1 Å². The van der Waals surface area contributed by atoms with Crippen LogP contribution in [-0.4, -0.2) is 46.9 Å². The predicted octanol–water partition coefficient (Wildman–Crippen LogP) is 2.80. The molecule has 1 aliphatic heterocycles. The Bertz CT molecular complexity index is 611. The molecular weight excluding hydrogens is 327 g/mol. The third-order valence-electron chi connectivity index (χ3n) is 3.98. The van der Waals surface area contributed by atoms with E-state index >= 15 is 0 Å². The molecule has 2 fully saturated rings. The van der Waals surface area contributed by atoms with Crippen LogP contribution in [0.3, 0.4) is 0 Å². The molecule has 0 spiro atoms. The molecule has 134 valence electrons. The van der Waals surface area contributed by atoms with E-state index in [1.165, 1.54) is 20.0 Å². The average Bonchev–Trinajstić information content (AvgIpc) is 3.21. The fourth-order valence-electron chi connectivity index (χ4n) is 2.71. The molecule has 1 aromatic rings. The Labute approximate surface area is 137 Å². The van der Waals surface area contributed by atoms with E-state index in [0.29, 0.717) is 17.6 Å². The Kier molecular flexibility index (Phi) is 4.23. The second-order valence-electron chi connectivity index (χ2n) is 6.89. The van der Waals surface area contributed by atoms with Crippen molar-refractivity contribution in [3.05, 3.63) is 17.8 Å². The molecule has 0 radical (unpaired) electrons. The van der Waals surface area contributed by atoms with Crippen LogP contribution in [-0.2, 0) is 11.3 Å². The lowest BCUT2D eigenvalue weighted by Gasteiger charge is -2.43. The predicted molar refractivity (Wildman–Crippen MR) is 77.3 cm³/mol. The lowest BCUT2D eigenvalue weighted by Crippen LogP contribution is -2.60. The monoisotopic (exact) mass is 347 g/mol. The van der Waals surface area contributed by atoms with E-state index in [4.69, 9.17) is 9.15 Å². The molecule has 2 heterocycles. The number of nitrogens with zero attached hydrogens (tertiary/aromatic N) is 2. The molecule has 1 N–H and O–H groups in total. The first-order valence-corrected chi connectivity index (χ1v) is 7.86. The molecule has 9 heteroatoms. The maximum Gasteiger partial charge on any atom is 0.416 e. The Hall–Kier alpha value is -1.77. The van der Waals surface area contributed by atoms with Crippen molar-refractivity contribution in [3.63, 3.8) is 0 Å². The van der Waals surface area contributed by atoms with Crippen LogP contribution in [0.5, 0.6) is 0 Å². The molecule has 0 aromatic carbocycles. The molecule has 24 heavy (non-hydrogen) atoms. The van der Waals surface area contributed by atoms with Crippen LogP contribution < -0.4 is 5.32 Å². The Balaban J connectivity index is 1.58. The van der Waals surface area contributed by atoms with Gasteiger partial charge in [-0.2, -0.15) is 13.2 Å². The smallest absolute Gasteiger partial charge is 0.416 e. The summed E-state index contributed by atoms with van der Waals surface area (Å²) in [6.45, 7) is 2.71. The van der Waals surface area contributed by atoms with Crippen molar-refractivity contribution in [2.45, 2.75) is 57.0 Å². The average molecular weight is 347 g/mol. The van der Waals surface area contributed by atoms with E-state index in [0.717, 1.165) is 17.7 Å². The summed E-state index contributed by atoms with van der Waals surface area (Å²) in [4.78, 5) is 17.5. The first-order chi connectivity index (χ1) is 11.1. The number of carbonyl (C=O) groups is 1. The van der Waals surface area contributed by atoms with E-state index in [1.54, 1.807) is 0 Å². The number of hydrogen-bond donors (Lipinski definition) is 1. The Morgan fingerprint density at radius 1 is 1.46 bits per heavy atom. The van der Waals surface area contributed by atoms with Gasteiger partial charge in [-0.3, -0.25) is 0 Å². The standard InChI is InChI=1S/C15H20F3N3O3/c1-14(2)8-21(7-11(24-14)15(16,17)18)13(22)20-6-10-5-19-12(23-10)9-3-4-9/h5,9,11H,3-4,6-8H2,1-2H3,(H,20,22). The van der Waals surface area contributed by atoms with Crippen LogP contribution in [0.25, 0.3) is 0 Å². The first kappa shape index (κ1) is 17.1. The SMILES string of the molecule is CC1(C)CN(C(=O)NCc2cnc(C3CC3)o2)CC(C(F)(F)F)O1. The summed E-state index contributed by atoms with van der Waals surface area (Å²) >= 11 is 0. The van der Waals surface area contributed by atoms with E-state index in [1.807, 2.05) is 0 Å². The van der Waals surface area contributed by atoms with Crippen LogP contribution in [0, 0.1) is 0 Å². The van der Waals surface area contributed by atoms with E-state index in [9.17, 15) is 18.0 Å². The maximum atomic E-state index is 12.9. The Morgan fingerprint density at radius 3 is 2.79 bits per heavy atom. The van der Waals surface area contributed by atoms with Gasteiger partial charge < -0.3 is 19.4 Å². The van der Waals surface area contributed by atoms with Gasteiger partial charge in [-0.05, 0) is 26.7 Å². The van der Waals surface area contributed by atoms with E-state index < -0.39 is 30.5 Å². The maximum absolute atomic E-state index is 12.9. The highest BCUT2D eigenvalue weighted by Crippen LogP contribution is 2.39. The largest absolute Gasteiger partial charge is 0.444 e. The number of alkyl halides is 3. The van der Waals surface area contributed by atoms with Gasteiger partial charge in [0, 0.05) is 5.92 Å². The molecule has 1 saturated carbocycles. The minimum Gasteiger partial charge on any atom is -0.444 e. The van der Waals surface area contributed by atoms with Gasteiger partial charge in [0.15, 0.2) is 12.0 Å². The normalized spacial score (nSPS) is 24.0. The number of halogens is 3. The van der Waals surface area contributed by atoms with Gasteiger partial charge in [0.2, 0.25) is 0 Å². The highest BCUT2D eigenvalue weighted by Gasteiger charge is 2.49. The molecular formula is C15H20F3N3O3. The molecule has 2 amide bonds. The molecule has 1 saturated heterocycles. The number of aromatic nitrogens is 1. The molecule has 1 unspecified atom stereocenters. The quantitative estimate of drug-likeness (QED) is 0.913. The molecule has 1 atom stereocenters. The summed E-state index contributed by atoms with van der Waals surface area (Å²) in [5.41, 5.74) is -1.07. The van der Waals surface area contributed by atoms with Gasteiger partial charge in [-0.1, -0.05) is 0 Å². The molecule has 2 aliphatic rings. The van der Waals surface area contributed by atoms with Crippen LogP contribution >= 0.6 is 0 Å². The second kappa shape index (κ2) is 5.94. The number of ether oxygens (including phenoxy) is 1. The van der Waals surface area contributed by atoms with Crippen LogP contribution in [0.2, 0.25) is 0 Å². The topological polar surface area (TPSA) is 67.6 Å². The van der Waals surface area contributed by atoms with Crippen molar-refractivity contribution in [1.29, 1.82) is 0 Å². The number of carbonyl (C=O) groups excluding carboxylic acids is 1. The first-order valence-electron chi connectivity index (χ1n) is 7.86. The summed E-state index contributed by atoms with van der Waals surface area (Å²) in [7, 11) is 0. The van der Waals surface area contributed by atoms with Gasteiger partial charge in [-0.15, -0.1) is 0 Å². The summed E-state index contributed by atoms with van der Waals surface area (Å²) in [6.07, 6.45) is -2.86. The minimum atomic E-state index is -4.51. The molecule has 0 bridgehead atoms. The zero-order valence-electron chi connectivity index (χ0n) is 13.5. The van der Waals surface area contributed by atoms with Crippen molar-refractivity contribution in [2.75, 3.05) is 13.1 Å². The zero-order chi connectivity index (χ0) is 17.5. The Morgan fingerprint density at radius 2 is 2.17 bits per heavy atom. The van der Waals surface area contributed by atoms with Crippen molar-refractivity contribution in [2.24, 2.45) is 0 Å².